The Morgan fingerprint density at radius 1 is 1.50 bits per heavy atom. The second kappa shape index (κ2) is 5.32. The van der Waals surface area contributed by atoms with E-state index in [9.17, 15) is 4.79 Å². The molecule has 1 fully saturated rings. The predicted molar refractivity (Wildman–Crippen MR) is 51.0 cm³/mol. The summed E-state index contributed by atoms with van der Waals surface area (Å²) in [5.41, 5.74) is 0. The first-order valence-electron chi connectivity index (χ1n) is 5.11. The van der Waals surface area contributed by atoms with Crippen molar-refractivity contribution in [3.05, 3.63) is 0 Å². The molecule has 1 aliphatic rings. The van der Waals surface area contributed by atoms with E-state index >= 15 is 0 Å². The summed E-state index contributed by atoms with van der Waals surface area (Å²) in [6, 6.07) is 0. The van der Waals surface area contributed by atoms with E-state index in [1.165, 1.54) is 0 Å². The molecule has 0 N–H and O–H groups in total. The first-order chi connectivity index (χ1) is 6.69. The van der Waals surface area contributed by atoms with Gasteiger partial charge in [-0.05, 0) is 20.8 Å². The molecule has 0 spiro atoms. The zero-order valence-electron chi connectivity index (χ0n) is 8.99. The molecule has 0 amide bonds. The van der Waals surface area contributed by atoms with Gasteiger partial charge >= 0.3 is 5.97 Å². The fourth-order valence-electron chi connectivity index (χ4n) is 1.68. The lowest BCUT2D eigenvalue weighted by atomic mass is 10.1. The minimum Gasteiger partial charge on any atom is -0.457 e. The van der Waals surface area contributed by atoms with E-state index in [2.05, 4.69) is 0 Å². The molecule has 1 rings (SSSR count). The fourth-order valence-corrected chi connectivity index (χ4v) is 1.68. The summed E-state index contributed by atoms with van der Waals surface area (Å²) in [7, 11) is 0. The van der Waals surface area contributed by atoms with E-state index in [0.29, 0.717) is 19.6 Å². The van der Waals surface area contributed by atoms with Crippen molar-refractivity contribution in [3.63, 3.8) is 0 Å². The van der Waals surface area contributed by atoms with Crippen LogP contribution < -0.4 is 0 Å². The Balaban J connectivity index is 2.51. The molecule has 0 saturated carbocycles. The normalized spacial score (nSPS) is 28.9. The summed E-state index contributed by atoms with van der Waals surface area (Å²) in [5.74, 6) is -0.194. The lowest BCUT2D eigenvalue weighted by molar-refractivity contribution is -0.149. The first-order valence-corrected chi connectivity index (χ1v) is 5.11. The van der Waals surface area contributed by atoms with E-state index in [0.717, 1.165) is 0 Å². The van der Waals surface area contributed by atoms with Gasteiger partial charge in [0.1, 0.15) is 6.10 Å². The smallest absolute Gasteiger partial charge is 0.309 e. The van der Waals surface area contributed by atoms with Gasteiger partial charge in [0, 0.05) is 13.2 Å². The largest absolute Gasteiger partial charge is 0.457 e. The van der Waals surface area contributed by atoms with Gasteiger partial charge in [-0.3, -0.25) is 4.79 Å². The number of cyclic esters (lactones) is 1. The molecule has 14 heavy (non-hydrogen) atoms. The van der Waals surface area contributed by atoms with Crippen LogP contribution >= 0.6 is 0 Å². The molecule has 1 aliphatic heterocycles. The van der Waals surface area contributed by atoms with Crippen LogP contribution in [0.25, 0.3) is 0 Å². The van der Waals surface area contributed by atoms with Gasteiger partial charge in [-0.25, -0.2) is 0 Å². The Kier molecular flexibility index (Phi) is 4.35. The topological polar surface area (TPSA) is 44.8 Å². The Labute approximate surface area is 84.5 Å². The van der Waals surface area contributed by atoms with E-state index in [1.54, 1.807) is 0 Å². The van der Waals surface area contributed by atoms with Gasteiger partial charge in [0.25, 0.3) is 0 Å². The van der Waals surface area contributed by atoms with E-state index in [1.807, 2.05) is 20.8 Å². The molecular weight excluding hydrogens is 184 g/mol. The lowest BCUT2D eigenvalue weighted by Crippen LogP contribution is -2.36. The van der Waals surface area contributed by atoms with Crippen molar-refractivity contribution in [1.29, 1.82) is 0 Å². The number of rotatable bonds is 5. The Morgan fingerprint density at radius 3 is 2.79 bits per heavy atom. The van der Waals surface area contributed by atoms with E-state index < -0.39 is 0 Å². The number of carbonyl (C=O) groups is 1. The zero-order chi connectivity index (χ0) is 10.6. The molecular formula is C10H18O4. The highest BCUT2D eigenvalue weighted by Gasteiger charge is 2.39. The fraction of sp³-hybridized carbons (Fsp3) is 0.900. The van der Waals surface area contributed by atoms with Crippen molar-refractivity contribution < 1.29 is 19.0 Å². The highest BCUT2D eigenvalue weighted by Crippen LogP contribution is 2.22. The maximum atomic E-state index is 11.1. The second-order valence-corrected chi connectivity index (χ2v) is 3.31. The van der Waals surface area contributed by atoms with Crippen molar-refractivity contribution in [1.82, 2.24) is 0 Å². The second-order valence-electron chi connectivity index (χ2n) is 3.31. The molecule has 0 aromatic rings. The molecule has 0 radical (unpaired) electrons. The third kappa shape index (κ3) is 2.69. The van der Waals surface area contributed by atoms with Crippen molar-refractivity contribution in [2.75, 3.05) is 13.2 Å². The molecule has 0 bridgehead atoms. The van der Waals surface area contributed by atoms with Crippen LogP contribution in [0.5, 0.6) is 0 Å². The number of hydrogen-bond acceptors (Lipinski definition) is 4. The molecule has 1 heterocycles. The van der Waals surface area contributed by atoms with Crippen LogP contribution in [0.15, 0.2) is 0 Å². The van der Waals surface area contributed by atoms with Crippen LogP contribution in [0.1, 0.15) is 27.2 Å². The van der Waals surface area contributed by atoms with Gasteiger partial charge in [-0.2, -0.15) is 0 Å². The van der Waals surface area contributed by atoms with Crippen molar-refractivity contribution in [2.45, 2.75) is 45.5 Å². The quantitative estimate of drug-likeness (QED) is 0.627. The van der Waals surface area contributed by atoms with Crippen LogP contribution in [0.4, 0.5) is 0 Å². The highest BCUT2D eigenvalue weighted by atomic mass is 16.6. The third-order valence-electron chi connectivity index (χ3n) is 2.27. The summed E-state index contributed by atoms with van der Waals surface area (Å²) >= 11 is 0. The van der Waals surface area contributed by atoms with Crippen molar-refractivity contribution in [3.8, 4) is 0 Å². The van der Waals surface area contributed by atoms with Gasteiger partial charge in [-0.1, -0.05) is 0 Å². The highest BCUT2D eigenvalue weighted by molar-refractivity contribution is 5.72. The summed E-state index contributed by atoms with van der Waals surface area (Å²) < 4.78 is 16.0. The van der Waals surface area contributed by atoms with Gasteiger partial charge in [0.05, 0.1) is 12.5 Å². The van der Waals surface area contributed by atoms with Crippen LogP contribution in [0.3, 0.4) is 0 Å². The van der Waals surface area contributed by atoms with Gasteiger partial charge in [0.2, 0.25) is 0 Å². The van der Waals surface area contributed by atoms with E-state index in [-0.39, 0.29) is 24.3 Å². The molecule has 0 aliphatic carbocycles. The molecule has 82 valence electrons. The SMILES string of the molecule is CCOC(C)C1OC(=O)CC1OCC. The van der Waals surface area contributed by atoms with Crippen molar-refractivity contribution >= 4 is 5.97 Å². The summed E-state index contributed by atoms with van der Waals surface area (Å²) in [6.07, 6.45) is -0.143. The van der Waals surface area contributed by atoms with Gasteiger partial charge in [0.15, 0.2) is 6.10 Å². The van der Waals surface area contributed by atoms with Crippen LogP contribution in [0.2, 0.25) is 0 Å². The maximum Gasteiger partial charge on any atom is 0.309 e. The number of ether oxygens (including phenoxy) is 3. The number of carbonyl (C=O) groups excluding carboxylic acids is 1. The molecule has 1 saturated heterocycles. The molecule has 4 heteroatoms. The molecule has 3 unspecified atom stereocenters. The molecule has 0 aromatic carbocycles. The van der Waals surface area contributed by atoms with E-state index in [4.69, 9.17) is 14.2 Å². The Hall–Kier alpha value is -0.610. The molecule has 4 nitrogen and oxygen atoms in total. The Bertz CT molecular complexity index is 193. The van der Waals surface area contributed by atoms with Crippen LogP contribution in [-0.2, 0) is 19.0 Å². The minimum absolute atomic E-state index is 0.0944. The zero-order valence-corrected chi connectivity index (χ0v) is 8.99. The number of esters is 1. The third-order valence-corrected chi connectivity index (χ3v) is 2.27. The van der Waals surface area contributed by atoms with Crippen LogP contribution in [0, 0.1) is 0 Å². The summed E-state index contributed by atoms with van der Waals surface area (Å²) in [5, 5.41) is 0. The predicted octanol–water partition coefficient (Wildman–Crippen LogP) is 1.13. The lowest BCUT2D eigenvalue weighted by Gasteiger charge is -2.23. The monoisotopic (exact) mass is 202 g/mol. The number of hydrogen-bond donors (Lipinski definition) is 0. The van der Waals surface area contributed by atoms with Gasteiger partial charge < -0.3 is 14.2 Å². The molecule has 0 aromatic heterocycles. The Morgan fingerprint density at radius 2 is 2.21 bits per heavy atom. The summed E-state index contributed by atoms with van der Waals surface area (Å²) in [6.45, 7) is 6.94. The van der Waals surface area contributed by atoms with Gasteiger partial charge in [-0.15, -0.1) is 0 Å². The molecule has 3 atom stereocenters. The minimum atomic E-state index is -0.248. The van der Waals surface area contributed by atoms with Crippen LogP contribution in [-0.4, -0.2) is 37.5 Å². The average Bonchev–Trinajstić information content (AvgIpc) is 2.48. The summed E-state index contributed by atoms with van der Waals surface area (Å²) in [4.78, 5) is 11.1. The maximum absolute atomic E-state index is 11.1. The van der Waals surface area contributed by atoms with Crippen molar-refractivity contribution in [2.24, 2.45) is 0 Å². The standard InChI is InChI=1S/C10H18O4/c1-4-12-7(3)10-8(13-5-2)6-9(11)14-10/h7-8,10H,4-6H2,1-3H3. The first kappa shape index (κ1) is 11.5. The average molecular weight is 202 g/mol.